The number of para-hydroxylation sites is 2. The molecule has 2 atom stereocenters. The Hall–Kier alpha value is -2.40. The summed E-state index contributed by atoms with van der Waals surface area (Å²) in [5.41, 5.74) is 2.58. The van der Waals surface area contributed by atoms with Gasteiger partial charge in [0.05, 0.1) is 34.1 Å². The molecule has 6 heteroatoms. The first-order valence-electron chi connectivity index (χ1n) is 7.39. The number of rotatable bonds is 4. The van der Waals surface area contributed by atoms with Crippen LogP contribution in [0.25, 0.3) is 11.0 Å². The number of nitrogens with zero attached hydrogens (tertiary/aromatic N) is 3. The van der Waals surface area contributed by atoms with Crippen molar-refractivity contribution in [3.05, 3.63) is 59.6 Å². The zero-order chi connectivity index (χ0) is 16.4. The Kier molecular flexibility index (Phi) is 4.30. The largest absolute Gasteiger partial charge is 0.346 e. The summed E-state index contributed by atoms with van der Waals surface area (Å²) in [6.07, 6.45) is 3.27. The van der Waals surface area contributed by atoms with E-state index in [0.29, 0.717) is 5.02 Å². The molecule has 2 aromatic heterocycles. The van der Waals surface area contributed by atoms with Crippen LogP contribution < -0.4 is 5.32 Å². The minimum Gasteiger partial charge on any atom is -0.346 e. The van der Waals surface area contributed by atoms with Crippen molar-refractivity contribution in [2.45, 2.75) is 25.9 Å². The van der Waals surface area contributed by atoms with Gasteiger partial charge in [-0.05, 0) is 38.1 Å². The fraction of sp³-hybridized carbons (Fsp3) is 0.235. The Morgan fingerprint density at radius 3 is 2.70 bits per heavy atom. The van der Waals surface area contributed by atoms with E-state index < -0.39 is 0 Å². The minimum atomic E-state index is -0.364. The van der Waals surface area contributed by atoms with Crippen LogP contribution in [0.1, 0.15) is 31.6 Å². The van der Waals surface area contributed by atoms with Crippen LogP contribution in [0.2, 0.25) is 5.02 Å². The molecule has 0 spiro atoms. The molecule has 3 rings (SSSR count). The third kappa shape index (κ3) is 3.19. The molecule has 0 aliphatic heterocycles. The average molecular weight is 329 g/mol. The second kappa shape index (κ2) is 6.38. The number of hydrogen-bond acceptors (Lipinski definition) is 3. The summed E-state index contributed by atoms with van der Waals surface area (Å²) >= 11 is 5.84. The molecule has 3 aromatic rings. The van der Waals surface area contributed by atoms with Gasteiger partial charge in [-0.2, -0.15) is 0 Å². The van der Waals surface area contributed by atoms with Gasteiger partial charge >= 0.3 is 0 Å². The number of halogens is 1. The zero-order valence-electron chi connectivity index (χ0n) is 12.9. The number of carbonyl (C=O) groups is 1. The fourth-order valence-corrected chi connectivity index (χ4v) is 2.58. The molecule has 1 N–H and O–H groups in total. The van der Waals surface area contributed by atoms with Gasteiger partial charge in [-0.15, -0.1) is 0 Å². The third-order valence-electron chi connectivity index (χ3n) is 3.83. The molecule has 23 heavy (non-hydrogen) atoms. The molecule has 2 heterocycles. The predicted molar refractivity (Wildman–Crippen MR) is 90.2 cm³/mol. The zero-order valence-corrected chi connectivity index (χ0v) is 13.7. The molecule has 0 unspecified atom stereocenters. The van der Waals surface area contributed by atoms with E-state index >= 15 is 0 Å². The summed E-state index contributed by atoms with van der Waals surface area (Å²) in [7, 11) is 0. The Morgan fingerprint density at radius 1 is 1.17 bits per heavy atom. The van der Waals surface area contributed by atoms with Gasteiger partial charge < -0.3 is 9.88 Å². The van der Waals surface area contributed by atoms with Crippen molar-refractivity contribution < 1.29 is 4.79 Å². The number of nitrogens with one attached hydrogen (secondary N) is 1. The summed E-state index contributed by atoms with van der Waals surface area (Å²) in [6, 6.07) is 10.8. The summed E-state index contributed by atoms with van der Waals surface area (Å²) in [6.45, 7) is 3.75. The van der Waals surface area contributed by atoms with Crippen LogP contribution in [-0.2, 0) is 4.79 Å². The highest BCUT2D eigenvalue weighted by Gasteiger charge is 2.19. The van der Waals surface area contributed by atoms with Gasteiger partial charge in [0.2, 0.25) is 5.91 Å². The first-order chi connectivity index (χ1) is 11.1. The number of hydrogen-bond donors (Lipinski definition) is 1. The van der Waals surface area contributed by atoms with Gasteiger partial charge in [0.15, 0.2) is 0 Å². The van der Waals surface area contributed by atoms with Crippen LogP contribution in [0.3, 0.4) is 0 Å². The van der Waals surface area contributed by atoms with E-state index in [0.717, 1.165) is 16.7 Å². The number of benzene rings is 1. The van der Waals surface area contributed by atoms with E-state index in [4.69, 9.17) is 11.6 Å². The molecule has 0 aliphatic rings. The molecule has 0 bridgehead atoms. The molecular formula is C17H17ClN4O. The number of amides is 1. The highest BCUT2D eigenvalue weighted by Crippen LogP contribution is 2.19. The van der Waals surface area contributed by atoms with Crippen molar-refractivity contribution in [2.24, 2.45) is 0 Å². The number of imidazole rings is 1. The smallest absolute Gasteiger partial charge is 0.243 e. The van der Waals surface area contributed by atoms with Gasteiger partial charge in [0.25, 0.3) is 0 Å². The van der Waals surface area contributed by atoms with E-state index in [-0.39, 0.29) is 18.0 Å². The van der Waals surface area contributed by atoms with Crippen LogP contribution >= 0.6 is 11.6 Å². The van der Waals surface area contributed by atoms with Crippen LogP contribution in [0.4, 0.5) is 0 Å². The van der Waals surface area contributed by atoms with Crippen molar-refractivity contribution in [3.8, 4) is 0 Å². The lowest BCUT2D eigenvalue weighted by Gasteiger charge is -2.18. The van der Waals surface area contributed by atoms with Gasteiger partial charge in [0.1, 0.15) is 6.04 Å². The highest BCUT2D eigenvalue weighted by molar-refractivity contribution is 6.30. The summed E-state index contributed by atoms with van der Waals surface area (Å²) in [5, 5.41) is 3.55. The third-order valence-corrected chi connectivity index (χ3v) is 4.05. The Labute approximate surface area is 139 Å². The van der Waals surface area contributed by atoms with Gasteiger partial charge in [-0.3, -0.25) is 9.78 Å². The maximum Gasteiger partial charge on any atom is 0.243 e. The van der Waals surface area contributed by atoms with Gasteiger partial charge in [-0.25, -0.2) is 4.98 Å². The molecule has 1 aromatic carbocycles. The number of carbonyl (C=O) groups excluding carboxylic acids is 1. The quantitative estimate of drug-likeness (QED) is 0.797. The van der Waals surface area contributed by atoms with E-state index in [1.807, 2.05) is 48.7 Å². The van der Waals surface area contributed by atoms with E-state index in [1.165, 1.54) is 0 Å². The van der Waals surface area contributed by atoms with Crippen molar-refractivity contribution in [1.82, 2.24) is 19.9 Å². The van der Waals surface area contributed by atoms with E-state index in [2.05, 4.69) is 15.3 Å². The molecule has 0 saturated carbocycles. The average Bonchev–Trinajstić information content (AvgIpc) is 2.98. The molecule has 0 aliphatic carbocycles. The Bertz CT molecular complexity index is 828. The number of fused-ring (bicyclic) bond motifs is 1. The maximum absolute atomic E-state index is 12.5. The molecule has 1 amide bonds. The first kappa shape index (κ1) is 15.5. The lowest BCUT2D eigenvalue weighted by Crippen LogP contribution is -2.33. The lowest BCUT2D eigenvalue weighted by molar-refractivity contribution is -0.124. The Balaban J connectivity index is 1.76. The van der Waals surface area contributed by atoms with Crippen molar-refractivity contribution in [1.29, 1.82) is 0 Å². The summed E-state index contributed by atoms with van der Waals surface area (Å²) < 4.78 is 1.87. The van der Waals surface area contributed by atoms with Crippen molar-refractivity contribution in [3.63, 3.8) is 0 Å². The minimum absolute atomic E-state index is 0.0857. The number of aromatic nitrogens is 3. The fourth-order valence-electron chi connectivity index (χ4n) is 2.46. The molecule has 0 fully saturated rings. The standard InChI is InChI=1S/C17H17ClN4O/c1-11(14-8-7-13(18)9-19-14)21-17(23)12(2)22-10-20-15-5-3-4-6-16(15)22/h3-12H,1-2H3,(H,21,23)/t11-,12-/m0/s1. The first-order valence-corrected chi connectivity index (χ1v) is 7.77. The highest BCUT2D eigenvalue weighted by atomic mass is 35.5. The predicted octanol–water partition coefficient (Wildman–Crippen LogP) is 3.52. The monoisotopic (exact) mass is 328 g/mol. The van der Waals surface area contributed by atoms with Crippen molar-refractivity contribution >= 4 is 28.5 Å². The van der Waals surface area contributed by atoms with Crippen molar-refractivity contribution in [2.75, 3.05) is 0 Å². The Morgan fingerprint density at radius 2 is 1.96 bits per heavy atom. The maximum atomic E-state index is 12.5. The van der Waals surface area contributed by atoms with Gasteiger partial charge in [0, 0.05) is 6.20 Å². The molecule has 5 nitrogen and oxygen atoms in total. The second-order valence-electron chi connectivity index (χ2n) is 5.45. The van der Waals surface area contributed by atoms with E-state index in [1.54, 1.807) is 18.6 Å². The normalized spacial score (nSPS) is 13.7. The second-order valence-corrected chi connectivity index (χ2v) is 5.88. The van der Waals surface area contributed by atoms with Crippen LogP contribution in [0.5, 0.6) is 0 Å². The SMILES string of the molecule is C[C@H](NC(=O)[C@H](C)n1cnc2ccccc21)c1ccc(Cl)cn1. The van der Waals surface area contributed by atoms with Gasteiger partial charge in [-0.1, -0.05) is 23.7 Å². The summed E-state index contributed by atoms with van der Waals surface area (Å²) in [4.78, 5) is 21.1. The molecule has 118 valence electrons. The number of pyridine rings is 1. The molecule has 0 saturated heterocycles. The molecule has 0 radical (unpaired) electrons. The van der Waals surface area contributed by atoms with Crippen LogP contribution in [0.15, 0.2) is 48.9 Å². The topological polar surface area (TPSA) is 59.8 Å². The summed E-state index contributed by atoms with van der Waals surface area (Å²) in [5.74, 6) is -0.0857. The lowest BCUT2D eigenvalue weighted by atomic mass is 10.2. The van der Waals surface area contributed by atoms with Crippen LogP contribution in [0, 0.1) is 0 Å². The van der Waals surface area contributed by atoms with E-state index in [9.17, 15) is 4.79 Å². The van der Waals surface area contributed by atoms with Crippen LogP contribution in [-0.4, -0.2) is 20.4 Å². The molecular weight excluding hydrogens is 312 g/mol.